The Kier molecular flexibility index (Phi) is 4.73. The Balaban J connectivity index is 2.03. The molecule has 0 bridgehead atoms. The molecule has 1 fully saturated rings. The van der Waals surface area contributed by atoms with Crippen LogP contribution in [0.25, 0.3) is 0 Å². The van der Waals surface area contributed by atoms with Gasteiger partial charge in [-0.15, -0.1) is 0 Å². The van der Waals surface area contributed by atoms with Crippen molar-refractivity contribution in [1.29, 1.82) is 0 Å². The fourth-order valence-corrected chi connectivity index (χ4v) is 2.32. The molecule has 0 spiro atoms. The summed E-state index contributed by atoms with van der Waals surface area (Å²) in [6.07, 6.45) is 4.31. The lowest BCUT2D eigenvalue weighted by molar-refractivity contribution is 0.0749. The Morgan fingerprint density at radius 3 is 2.67 bits per heavy atom. The van der Waals surface area contributed by atoms with Crippen LogP contribution in [0, 0.1) is 0 Å². The van der Waals surface area contributed by atoms with E-state index in [4.69, 9.17) is 5.73 Å². The number of nitrogens with zero attached hydrogens (tertiary/aromatic N) is 1. The molecule has 0 aliphatic carbocycles. The Hall–Kier alpha value is -1.39. The zero-order valence-corrected chi connectivity index (χ0v) is 10.7. The van der Waals surface area contributed by atoms with Gasteiger partial charge in [-0.1, -0.05) is 24.6 Å². The molecule has 4 heteroatoms. The zero-order valence-electron chi connectivity index (χ0n) is 10.7. The second-order valence-electron chi connectivity index (χ2n) is 4.68. The predicted octanol–water partition coefficient (Wildman–Crippen LogP) is 1.32. The summed E-state index contributed by atoms with van der Waals surface area (Å²) in [5.41, 5.74) is 10.3. The molecular formula is C14H21N3O. The van der Waals surface area contributed by atoms with E-state index >= 15 is 0 Å². The third-order valence-electron chi connectivity index (χ3n) is 3.29. The van der Waals surface area contributed by atoms with Crippen LogP contribution in [-0.2, 0) is 6.42 Å². The molecule has 3 N–H and O–H groups in total. The second kappa shape index (κ2) is 6.52. The van der Waals surface area contributed by atoms with Gasteiger partial charge >= 0.3 is 0 Å². The van der Waals surface area contributed by atoms with Crippen LogP contribution in [0.2, 0.25) is 0 Å². The van der Waals surface area contributed by atoms with Gasteiger partial charge in [0.05, 0.1) is 0 Å². The van der Waals surface area contributed by atoms with Crippen molar-refractivity contribution in [2.45, 2.75) is 25.7 Å². The smallest absolute Gasteiger partial charge is 0.265 e. The number of hydrogen-bond donors (Lipinski definition) is 2. The number of rotatable bonds is 4. The molecule has 98 valence electrons. The molecule has 0 saturated carbocycles. The Bertz CT molecular complexity index is 400. The SMILES string of the molecule is NCCc1ccccc1C(=O)NN1CCCCC1. The topological polar surface area (TPSA) is 58.4 Å². The molecule has 18 heavy (non-hydrogen) atoms. The normalized spacial score (nSPS) is 16.5. The van der Waals surface area contributed by atoms with Crippen molar-refractivity contribution in [2.75, 3.05) is 19.6 Å². The molecule has 0 atom stereocenters. The predicted molar refractivity (Wildman–Crippen MR) is 72.1 cm³/mol. The molecule has 1 heterocycles. The van der Waals surface area contributed by atoms with E-state index in [0.29, 0.717) is 6.54 Å². The Morgan fingerprint density at radius 1 is 1.22 bits per heavy atom. The quantitative estimate of drug-likeness (QED) is 0.843. The lowest BCUT2D eigenvalue weighted by Gasteiger charge is -2.27. The van der Waals surface area contributed by atoms with Crippen molar-refractivity contribution in [1.82, 2.24) is 10.4 Å². The number of hydrazine groups is 1. The summed E-state index contributed by atoms with van der Waals surface area (Å²) in [6.45, 7) is 2.46. The van der Waals surface area contributed by atoms with Gasteiger partial charge in [-0.05, 0) is 37.4 Å². The number of nitrogens with one attached hydrogen (secondary N) is 1. The molecule has 4 nitrogen and oxygen atoms in total. The van der Waals surface area contributed by atoms with E-state index in [1.54, 1.807) is 0 Å². The van der Waals surface area contributed by atoms with Crippen molar-refractivity contribution < 1.29 is 4.79 Å². The summed E-state index contributed by atoms with van der Waals surface area (Å²) in [4.78, 5) is 12.2. The maximum atomic E-state index is 12.2. The maximum Gasteiger partial charge on any atom is 0.265 e. The van der Waals surface area contributed by atoms with E-state index in [2.05, 4.69) is 5.43 Å². The monoisotopic (exact) mass is 247 g/mol. The number of carbonyl (C=O) groups is 1. The van der Waals surface area contributed by atoms with Gasteiger partial charge in [0.2, 0.25) is 0 Å². The van der Waals surface area contributed by atoms with Gasteiger partial charge in [-0.3, -0.25) is 10.2 Å². The molecule has 0 aromatic heterocycles. The van der Waals surface area contributed by atoms with Gasteiger partial charge in [0.1, 0.15) is 0 Å². The molecule has 1 aliphatic rings. The molecule has 0 radical (unpaired) electrons. The summed E-state index contributed by atoms with van der Waals surface area (Å²) in [5.74, 6) is -0.0130. The lowest BCUT2D eigenvalue weighted by Crippen LogP contribution is -2.45. The fourth-order valence-electron chi connectivity index (χ4n) is 2.32. The molecule has 0 unspecified atom stereocenters. The summed E-state index contributed by atoms with van der Waals surface area (Å²) in [7, 11) is 0. The van der Waals surface area contributed by atoms with Crippen molar-refractivity contribution in [3.05, 3.63) is 35.4 Å². The van der Waals surface area contributed by atoms with E-state index in [1.807, 2.05) is 29.3 Å². The van der Waals surface area contributed by atoms with Crippen molar-refractivity contribution in [3.63, 3.8) is 0 Å². The molecule has 1 aliphatic heterocycles. The summed E-state index contributed by atoms with van der Waals surface area (Å²) in [6, 6.07) is 7.68. The van der Waals surface area contributed by atoms with E-state index in [-0.39, 0.29) is 5.91 Å². The highest BCUT2D eigenvalue weighted by atomic mass is 16.2. The van der Waals surface area contributed by atoms with Crippen LogP contribution in [0.15, 0.2) is 24.3 Å². The number of hydrogen-bond acceptors (Lipinski definition) is 3. The van der Waals surface area contributed by atoms with Gasteiger partial charge in [0.15, 0.2) is 0 Å². The molecule has 1 saturated heterocycles. The van der Waals surface area contributed by atoms with Crippen LogP contribution in [0.3, 0.4) is 0 Å². The minimum atomic E-state index is -0.0130. The summed E-state index contributed by atoms with van der Waals surface area (Å²) in [5, 5.41) is 2.02. The zero-order chi connectivity index (χ0) is 12.8. The number of carbonyl (C=O) groups excluding carboxylic acids is 1. The van der Waals surface area contributed by atoms with Crippen LogP contribution in [0.1, 0.15) is 35.2 Å². The van der Waals surface area contributed by atoms with Gasteiger partial charge in [0.25, 0.3) is 5.91 Å². The first-order chi connectivity index (χ1) is 8.81. The Morgan fingerprint density at radius 2 is 1.94 bits per heavy atom. The largest absolute Gasteiger partial charge is 0.330 e. The first kappa shape index (κ1) is 13.1. The molecule has 1 aromatic rings. The average molecular weight is 247 g/mol. The van der Waals surface area contributed by atoms with Gasteiger partial charge in [-0.25, -0.2) is 5.01 Å². The van der Waals surface area contributed by atoms with Crippen LogP contribution >= 0.6 is 0 Å². The average Bonchev–Trinajstić information content (AvgIpc) is 2.41. The highest BCUT2D eigenvalue weighted by molar-refractivity contribution is 5.95. The highest BCUT2D eigenvalue weighted by Crippen LogP contribution is 2.11. The number of nitrogens with two attached hydrogens (primary N) is 1. The number of benzene rings is 1. The fraction of sp³-hybridized carbons (Fsp3) is 0.500. The third-order valence-corrected chi connectivity index (χ3v) is 3.29. The van der Waals surface area contributed by atoms with Crippen LogP contribution in [0.4, 0.5) is 0 Å². The maximum absolute atomic E-state index is 12.2. The standard InChI is InChI=1S/C14H21N3O/c15-9-8-12-6-2-3-7-13(12)14(18)16-17-10-4-1-5-11-17/h2-3,6-7H,1,4-5,8-11,15H2,(H,16,18). The molecule has 2 rings (SSSR count). The van der Waals surface area contributed by atoms with E-state index in [1.165, 1.54) is 6.42 Å². The second-order valence-corrected chi connectivity index (χ2v) is 4.68. The van der Waals surface area contributed by atoms with Crippen molar-refractivity contribution in [3.8, 4) is 0 Å². The van der Waals surface area contributed by atoms with E-state index < -0.39 is 0 Å². The van der Waals surface area contributed by atoms with Crippen LogP contribution in [-0.4, -0.2) is 30.6 Å². The van der Waals surface area contributed by atoms with Gasteiger partial charge in [-0.2, -0.15) is 0 Å². The summed E-state index contributed by atoms with van der Waals surface area (Å²) >= 11 is 0. The first-order valence-corrected chi connectivity index (χ1v) is 6.65. The van der Waals surface area contributed by atoms with E-state index in [9.17, 15) is 4.79 Å². The van der Waals surface area contributed by atoms with Crippen LogP contribution < -0.4 is 11.2 Å². The lowest BCUT2D eigenvalue weighted by atomic mass is 10.0. The van der Waals surface area contributed by atoms with Crippen molar-refractivity contribution >= 4 is 5.91 Å². The number of amides is 1. The Labute approximate surface area is 108 Å². The minimum absolute atomic E-state index is 0.0130. The highest BCUT2D eigenvalue weighted by Gasteiger charge is 2.15. The number of piperidine rings is 1. The van der Waals surface area contributed by atoms with Crippen molar-refractivity contribution in [2.24, 2.45) is 5.73 Å². The molecular weight excluding hydrogens is 226 g/mol. The molecule has 1 aromatic carbocycles. The first-order valence-electron chi connectivity index (χ1n) is 6.65. The van der Waals surface area contributed by atoms with E-state index in [0.717, 1.165) is 43.5 Å². The van der Waals surface area contributed by atoms with Crippen LogP contribution in [0.5, 0.6) is 0 Å². The summed E-state index contributed by atoms with van der Waals surface area (Å²) < 4.78 is 0. The van der Waals surface area contributed by atoms with Gasteiger partial charge in [0, 0.05) is 18.7 Å². The van der Waals surface area contributed by atoms with Gasteiger partial charge < -0.3 is 5.73 Å². The third kappa shape index (κ3) is 3.31. The molecule has 1 amide bonds. The minimum Gasteiger partial charge on any atom is -0.330 e.